The Morgan fingerprint density at radius 2 is 1.67 bits per heavy atom. The van der Waals surface area contributed by atoms with Crippen LogP contribution in [0.25, 0.3) is 10.8 Å². The average Bonchev–Trinajstić information content (AvgIpc) is 2.74. The van der Waals surface area contributed by atoms with Crippen molar-refractivity contribution in [1.29, 1.82) is 0 Å². The van der Waals surface area contributed by atoms with Gasteiger partial charge in [-0.15, -0.1) is 0 Å². The summed E-state index contributed by atoms with van der Waals surface area (Å²) in [5.74, 6) is 1.49. The van der Waals surface area contributed by atoms with Crippen LogP contribution in [0.15, 0.2) is 96.2 Å². The van der Waals surface area contributed by atoms with E-state index in [1.807, 2.05) is 54.6 Å². The number of hydrazone groups is 1. The van der Waals surface area contributed by atoms with E-state index in [2.05, 4.69) is 45.8 Å². The molecule has 1 N–H and O–H groups in total. The van der Waals surface area contributed by atoms with Gasteiger partial charge in [0, 0.05) is 11.8 Å². The van der Waals surface area contributed by atoms with Crippen molar-refractivity contribution in [2.75, 3.05) is 5.43 Å². The number of pyridine rings is 1. The SMILES string of the molecule is C(=NNc1ccccn1)c1c(OCc2ccccc2)ccc2ccccc12. The molecule has 0 aliphatic rings. The fourth-order valence-electron chi connectivity index (χ4n) is 2.86. The average molecular weight is 353 g/mol. The Morgan fingerprint density at radius 1 is 0.852 bits per heavy atom. The van der Waals surface area contributed by atoms with Crippen LogP contribution in [0.2, 0.25) is 0 Å². The van der Waals surface area contributed by atoms with Crippen LogP contribution in [0.1, 0.15) is 11.1 Å². The molecule has 0 atom stereocenters. The second-order valence-corrected chi connectivity index (χ2v) is 6.06. The van der Waals surface area contributed by atoms with E-state index < -0.39 is 0 Å². The summed E-state index contributed by atoms with van der Waals surface area (Å²) in [7, 11) is 0. The molecule has 0 aliphatic heterocycles. The first-order valence-corrected chi connectivity index (χ1v) is 8.79. The first-order chi connectivity index (χ1) is 13.4. The number of fused-ring (bicyclic) bond motifs is 1. The molecule has 27 heavy (non-hydrogen) atoms. The van der Waals surface area contributed by atoms with Crippen LogP contribution in [0.5, 0.6) is 5.75 Å². The topological polar surface area (TPSA) is 46.5 Å². The number of anilines is 1. The van der Waals surface area contributed by atoms with Crippen LogP contribution < -0.4 is 10.2 Å². The third-order valence-electron chi connectivity index (χ3n) is 4.21. The number of rotatable bonds is 6. The molecule has 0 spiro atoms. The standard InChI is InChI=1S/C23H19N3O/c1-2-8-18(9-3-1)17-27-22-14-13-19-10-4-5-11-20(19)21(22)16-25-26-23-12-6-7-15-24-23/h1-16H,17H2,(H,24,26). The Balaban J connectivity index is 1.63. The normalized spacial score (nSPS) is 11.0. The number of nitrogens with one attached hydrogen (secondary N) is 1. The summed E-state index contributed by atoms with van der Waals surface area (Å²) < 4.78 is 6.10. The molecule has 1 heterocycles. The molecule has 0 unspecified atom stereocenters. The molecule has 0 saturated carbocycles. The largest absolute Gasteiger partial charge is 0.488 e. The minimum atomic E-state index is 0.508. The Hall–Kier alpha value is -3.66. The van der Waals surface area contributed by atoms with Gasteiger partial charge in [-0.3, -0.25) is 5.43 Å². The van der Waals surface area contributed by atoms with E-state index >= 15 is 0 Å². The van der Waals surface area contributed by atoms with Gasteiger partial charge >= 0.3 is 0 Å². The molecule has 132 valence electrons. The minimum absolute atomic E-state index is 0.508. The molecule has 0 radical (unpaired) electrons. The molecule has 4 rings (SSSR count). The van der Waals surface area contributed by atoms with Crippen molar-refractivity contribution in [3.8, 4) is 5.75 Å². The highest BCUT2D eigenvalue weighted by molar-refractivity contribution is 6.02. The lowest BCUT2D eigenvalue weighted by Gasteiger charge is -2.12. The quantitative estimate of drug-likeness (QED) is 0.380. The second-order valence-electron chi connectivity index (χ2n) is 6.06. The molecule has 3 aromatic carbocycles. The summed E-state index contributed by atoms with van der Waals surface area (Å²) in [6.45, 7) is 0.508. The van der Waals surface area contributed by atoms with Gasteiger partial charge in [0.1, 0.15) is 18.2 Å². The zero-order valence-electron chi connectivity index (χ0n) is 14.7. The molecule has 4 heteroatoms. The fraction of sp³-hybridized carbons (Fsp3) is 0.0435. The van der Waals surface area contributed by atoms with E-state index in [1.54, 1.807) is 12.4 Å². The van der Waals surface area contributed by atoms with Crippen LogP contribution in [-0.4, -0.2) is 11.2 Å². The van der Waals surface area contributed by atoms with Gasteiger partial charge in [0.15, 0.2) is 0 Å². The van der Waals surface area contributed by atoms with E-state index in [9.17, 15) is 0 Å². The highest BCUT2D eigenvalue weighted by Crippen LogP contribution is 2.27. The number of nitrogens with zero attached hydrogens (tertiary/aromatic N) is 2. The van der Waals surface area contributed by atoms with E-state index in [0.29, 0.717) is 12.4 Å². The Morgan fingerprint density at radius 3 is 2.52 bits per heavy atom. The van der Waals surface area contributed by atoms with Crippen molar-refractivity contribution < 1.29 is 4.74 Å². The maximum atomic E-state index is 6.10. The molecule has 4 nitrogen and oxygen atoms in total. The molecule has 0 fully saturated rings. The van der Waals surface area contributed by atoms with Crippen LogP contribution in [0, 0.1) is 0 Å². The minimum Gasteiger partial charge on any atom is -0.488 e. The van der Waals surface area contributed by atoms with Crippen LogP contribution >= 0.6 is 0 Å². The molecular formula is C23H19N3O. The van der Waals surface area contributed by atoms with Crippen LogP contribution in [0.3, 0.4) is 0 Å². The first-order valence-electron chi connectivity index (χ1n) is 8.79. The van der Waals surface area contributed by atoms with E-state index in [1.165, 1.54) is 0 Å². The summed E-state index contributed by atoms with van der Waals surface area (Å²) in [6.07, 6.45) is 3.52. The summed E-state index contributed by atoms with van der Waals surface area (Å²) >= 11 is 0. The van der Waals surface area contributed by atoms with Gasteiger partial charge in [-0.05, 0) is 34.5 Å². The molecule has 0 amide bonds. The zero-order valence-corrected chi connectivity index (χ0v) is 14.7. The highest BCUT2D eigenvalue weighted by Gasteiger charge is 2.07. The number of hydrogen-bond donors (Lipinski definition) is 1. The smallest absolute Gasteiger partial charge is 0.146 e. The third kappa shape index (κ3) is 4.12. The number of aromatic nitrogens is 1. The third-order valence-corrected chi connectivity index (χ3v) is 4.21. The first kappa shape index (κ1) is 16.8. The number of benzene rings is 3. The summed E-state index contributed by atoms with van der Waals surface area (Å²) in [5, 5.41) is 6.59. The van der Waals surface area contributed by atoms with Gasteiger partial charge in [-0.1, -0.05) is 66.7 Å². The fourth-order valence-corrected chi connectivity index (χ4v) is 2.86. The van der Waals surface area contributed by atoms with Crippen LogP contribution in [-0.2, 0) is 6.61 Å². The summed E-state index contributed by atoms with van der Waals surface area (Å²) in [5.41, 5.74) is 5.02. The van der Waals surface area contributed by atoms with Crippen molar-refractivity contribution >= 4 is 22.8 Å². The maximum Gasteiger partial charge on any atom is 0.146 e. The lowest BCUT2D eigenvalue weighted by molar-refractivity contribution is 0.306. The lowest BCUT2D eigenvalue weighted by Crippen LogP contribution is -2.00. The maximum absolute atomic E-state index is 6.10. The Bertz CT molecular complexity index is 1050. The molecule has 0 bridgehead atoms. The zero-order chi connectivity index (χ0) is 18.3. The van der Waals surface area contributed by atoms with E-state index in [4.69, 9.17) is 4.74 Å². The van der Waals surface area contributed by atoms with Gasteiger partial charge < -0.3 is 4.74 Å². The summed E-state index contributed by atoms with van der Waals surface area (Å²) in [4.78, 5) is 4.21. The van der Waals surface area contributed by atoms with E-state index in [-0.39, 0.29) is 0 Å². The predicted octanol–water partition coefficient (Wildman–Crippen LogP) is 5.26. The monoisotopic (exact) mass is 353 g/mol. The van der Waals surface area contributed by atoms with E-state index in [0.717, 1.165) is 27.6 Å². The van der Waals surface area contributed by atoms with Crippen molar-refractivity contribution in [2.45, 2.75) is 6.61 Å². The van der Waals surface area contributed by atoms with Crippen molar-refractivity contribution in [3.63, 3.8) is 0 Å². The van der Waals surface area contributed by atoms with Gasteiger partial charge in [0.25, 0.3) is 0 Å². The Labute approximate surface area is 158 Å². The second kappa shape index (κ2) is 8.15. The van der Waals surface area contributed by atoms with Gasteiger partial charge in [0.05, 0.1) is 6.21 Å². The van der Waals surface area contributed by atoms with Crippen molar-refractivity contribution in [2.24, 2.45) is 5.10 Å². The summed E-state index contributed by atoms with van der Waals surface area (Å²) in [6, 6.07) is 28.1. The molecule has 0 aliphatic carbocycles. The Kier molecular flexibility index (Phi) is 5.07. The van der Waals surface area contributed by atoms with Gasteiger partial charge in [0.2, 0.25) is 0 Å². The lowest BCUT2D eigenvalue weighted by atomic mass is 10.0. The van der Waals surface area contributed by atoms with Crippen molar-refractivity contribution in [3.05, 3.63) is 102 Å². The highest BCUT2D eigenvalue weighted by atomic mass is 16.5. The van der Waals surface area contributed by atoms with Gasteiger partial charge in [-0.2, -0.15) is 5.10 Å². The molecular weight excluding hydrogens is 334 g/mol. The number of ether oxygens (including phenoxy) is 1. The molecule has 1 aromatic heterocycles. The molecule has 4 aromatic rings. The van der Waals surface area contributed by atoms with Gasteiger partial charge in [-0.25, -0.2) is 4.98 Å². The van der Waals surface area contributed by atoms with Crippen molar-refractivity contribution in [1.82, 2.24) is 4.98 Å². The number of hydrogen-bond acceptors (Lipinski definition) is 4. The van der Waals surface area contributed by atoms with Crippen LogP contribution in [0.4, 0.5) is 5.82 Å². The predicted molar refractivity (Wildman–Crippen MR) is 110 cm³/mol. The molecule has 0 saturated heterocycles.